The van der Waals surface area contributed by atoms with Crippen molar-refractivity contribution in [1.82, 2.24) is 24.3 Å². The third-order valence-electron chi connectivity index (χ3n) is 7.27. The largest absolute Gasteiger partial charge is 0.497 e. The number of aliphatic hydroxyl groups is 1. The van der Waals surface area contributed by atoms with E-state index in [-0.39, 0.29) is 24.0 Å². The van der Waals surface area contributed by atoms with Gasteiger partial charge in [0, 0.05) is 68.2 Å². The number of benzene rings is 1. The van der Waals surface area contributed by atoms with Crippen molar-refractivity contribution in [2.24, 2.45) is 7.05 Å². The first-order valence-corrected chi connectivity index (χ1v) is 11.7. The molecule has 1 amide bonds. The summed E-state index contributed by atoms with van der Waals surface area (Å²) >= 11 is 0. The van der Waals surface area contributed by atoms with Crippen LogP contribution in [-0.2, 0) is 23.8 Å². The lowest BCUT2D eigenvalue weighted by molar-refractivity contribution is -0.139. The number of rotatable bonds is 6. The van der Waals surface area contributed by atoms with Crippen LogP contribution >= 0.6 is 0 Å². The molecule has 1 fully saturated rings. The van der Waals surface area contributed by atoms with Gasteiger partial charge in [0.25, 0.3) is 0 Å². The maximum absolute atomic E-state index is 13.3. The zero-order chi connectivity index (χ0) is 24.0. The Balaban J connectivity index is 1.59. The molecule has 1 aromatic carbocycles. The number of aromatic nitrogens is 2. The van der Waals surface area contributed by atoms with Gasteiger partial charge in [-0.25, -0.2) is 0 Å². The highest BCUT2D eigenvalue weighted by Crippen LogP contribution is 2.49. The van der Waals surface area contributed by atoms with Gasteiger partial charge in [-0.2, -0.15) is 0 Å². The molecule has 34 heavy (non-hydrogen) atoms. The Morgan fingerprint density at radius 2 is 2.06 bits per heavy atom. The molecule has 1 atom stereocenters. The molecule has 0 bridgehead atoms. The maximum Gasteiger partial charge on any atom is 0.237 e. The Kier molecular flexibility index (Phi) is 5.83. The number of carbonyl (C=O) groups is 1. The molecular weight excluding hydrogens is 430 g/mol. The number of pyridine rings is 1. The lowest BCUT2D eigenvalue weighted by Crippen LogP contribution is -2.67. The third-order valence-corrected chi connectivity index (χ3v) is 7.27. The third kappa shape index (κ3) is 3.66. The molecular formula is C26H33N5O3. The van der Waals surface area contributed by atoms with Crippen molar-refractivity contribution in [3.63, 3.8) is 0 Å². The highest BCUT2D eigenvalue weighted by molar-refractivity contribution is 5.90. The van der Waals surface area contributed by atoms with Crippen molar-refractivity contribution in [2.75, 3.05) is 54.0 Å². The van der Waals surface area contributed by atoms with E-state index >= 15 is 0 Å². The van der Waals surface area contributed by atoms with Gasteiger partial charge in [-0.15, -0.1) is 0 Å². The highest BCUT2D eigenvalue weighted by atomic mass is 16.5. The van der Waals surface area contributed by atoms with Crippen LogP contribution in [0.2, 0.25) is 0 Å². The van der Waals surface area contributed by atoms with Gasteiger partial charge in [-0.05, 0) is 43.4 Å². The average Bonchev–Trinajstić information content (AvgIpc) is 3.10. The average molecular weight is 464 g/mol. The first kappa shape index (κ1) is 22.8. The molecule has 3 aromatic rings. The molecule has 4 heterocycles. The predicted octanol–water partition coefficient (Wildman–Crippen LogP) is 1.77. The van der Waals surface area contributed by atoms with Crippen LogP contribution in [0, 0.1) is 0 Å². The van der Waals surface area contributed by atoms with Gasteiger partial charge in [-0.3, -0.25) is 14.7 Å². The van der Waals surface area contributed by atoms with Crippen LogP contribution in [-0.4, -0.2) is 89.3 Å². The lowest BCUT2D eigenvalue weighted by atomic mass is 9.68. The SMILES string of the molecule is COc1ccc2c3c(n(C)c2c1)[C@H](CO)N(C(=O)CN(C)C)CC31CN(Cc2cccnc2)C1. The number of amides is 1. The van der Waals surface area contributed by atoms with E-state index in [0.29, 0.717) is 13.1 Å². The normalized spacial score (nSPS) is 19.5. The van der Waals surface area contributed by atoms with Gasteiger partial charge >= 0.3 is 0 Å². The molecule has 1 N–H and O–H groups in total. The van der Waals surface area contributed by atoms with Crippen molar-refractivity contribution in [1.29, 1.82) is 0 Å². The Hall–Kier alpha value is -2.94. The van der Waals surface area contributed by atoms with E-state index in [1.165, 1.54) is 16.5 Å². The molecule has 0 saturated carbocycles. The molecule has 0 unspecified atom stereocenters. The Morgan fingerprint density at radius 3 is 2.71 bits per heavy atom. The van der Waals surface area contributed by atoms with E-state index in [1.54, 1.807) is 13.3 Å². The zero-order valence-electron chi connectivity index (χ0n) is 20.4. The Labute approximate surface area is 200 Å². The minimum absolute atomic E-state index is 0.0441. The van der Waals surface area contributed by atoms with Gasteiger partial charge in [-0.1, -0.05) is 6.07 Å². The highest BCUT2D eigenvalue weighted by Gasteiger charge is 2.54. The standard InChI is InChI=1S/C26H33N5O3/c1-28(2)13-23(33)31-17-26(15-30(16-26)12-18-6-5-9-27-11-18)24-20-8-7-19(34-4)10-21(20)29(3)25(24)22(31)14-32/h5-11,22,32H,12-17H2,1-4H3/t22-/m0/s1. The molecule has 2 aliphatic heterocycles. The Morgan fingerprint density at radius 1 is 1.26 bits per heavy atom. The van der Waals surface area contributed by atoms with Crippen LogP contribution < -0.4 is 4.74 Å². The molecule has 5 rings (SSSR count). The molecule has 0 aliphatic carbocycles. The summed E-state index contributed by atoms with van der Waals surface area (Å²) in [6.45, 7) is 3.35. The number of carbonyl (C=O) groups excluding carboxylic acids is 1. The second-order valence-electron chi connectivity index (χ2n) is 9.95. The van der Waals surface area contributed by atoms with Crippen molar-refractivity contribution >= 4 is 16.8 Å². The smallest absolute Gasteiger partial charge is 0.237 e. The summed E-state index contributed by atoms with van der Waals surface area (Å²) in [6, 6.07) is 9.87. The summed E-state index contributed by atoms with van der Waals surface area (Å²) in [5, 5.41) is 11.7. The number of aryl methyl sites for hydroxylation is 1. The number of hydrogen-bond donors (Lipinski definition) is 1. The van der Waals surface area contributed by atoms with E-state index in [1.807, 2.05) is 55.3 Å². The number of likely N-dealkylation sites (tertiary alicyclic amines) is 1. The van der Waals surface area contributed by atoms with Gasteiger partial charge in [0.1, 0.15) is 5.75 Å². The minimum atomic E-state index is -0.371. The summed E-state index contributed by atoms with van der Waals surface area (Å²) < 4.78 is 7.64. The van der Waals surface area contributed by atoms with Crippen molar-refractivity contribution in [2.45, 2.75) is 18.0 Å². The van der Waals surface area contributed by atoms with Gasteiger partial charge in [0.05, 0.1) is 31.8 Å². The number of fused-ring (bicyclic) bond motifs is 4. The van der Waals surface area contributed by atoms with E-state index in [0.717, 1.165) is 36.6 Å². The number of aliphatic hydroxyl groups excluding tert-OH is 1. The predicted molar refractivity (Wildman–Crippen MR) is 131 cm³/mol. The van der Waals surface area contributed by atoms with E-state index < -0.39 is 0 Å². The summed E-state index contributed by atoms with van der Waals surface area (Å²) in [6.07, 6.45) is 3.71. The molecule has 8 heteroatoms. The minimum Gasteiger partial charge on any atom is -0.497 e. The zero-order valence-corrected chi connectivity index (χ0v) is 20.4. The van der Waals surface area contributed by atoms with Crippen molar-refractivity contribution in [3.8, 4) is 5.75 Å². The second-order valence-corrected chi connectivity index (χ2v) is 9.95. The molecule has 1 spiro atoms. The Bertz CT molecular complexity index is 1200. The summed E-state index contributed by atoms with van der Waals surface area (Å²) in [4.78, 5) is 23.8. The molecule has 180 valence electrons. The van der Waals surface area contributed by atoms with Crippen LogP contribution in [0.1, 0.15) is 22.9 Å². The van der Waals surface area contributed by atoms with Crippen LogP contribution in [0.25, 0.3) is 10.9 Å². The molecule has 1 saturated heterocycles. The molecule has 0 radical (unpaired) electrons. The summed E-state index contributed by atoms with van der Waals surface area (Å²) in [7, 11) is 7.51. The van der Waals surface area contributed by atoms with Gasteiger partial charge < -0.3 is 24.2 Å². The monoisotopic (exact) mass is 463 g/mol. The van der Waals surface area contributed by atoms with Crippen LogP contribution in [0.4, 0.5) is 0 Å². The van der Waals surface area contributed by atoms with E-state index in [4.69, 9.17) is 4.74 Å². The number of nitrogens with zero attached hydrogens (tertiary/aromatic N) is 5. The van der Waals surface area contributed by atoms with Crippen LogP contribution in [0.5, 0.6) is 5.75 Å². The topological polar surface area (TPSA) is 74.1 Å². The lowest BCUT2D eigenvalue weighted by Gasteiger charge is -2.56. The maximum atomic E-state index is 13.3. The van der Waals surface area contributed by atoms with Crippen LogP contribution in [0.3, 0.4) is 0 Å². The van der Waals surface area contributed by atoms with E-state index in [2.05, 4.69) is 26.6 Å². The number of ether oxygens (including phenoxy) is 1. The van der Waals surface area contributed by atoms with Gasteiger partial charge in [0.2, 0.25) is 5.91 Å². The van der Waals surface area contributed by atoms with Crippen LogP contribution in [0.15, 0.2) is 42.7 Å². The molecule has 2 aliphatic rings. The van der Waals surface area contributed by atoms with E-state index in [9.17, 15) is 9.90 Å². The number of methoxy groups -OCH3 is 1. The molecule has 8 nitrogen and oxygen atoms in total. The van der Waals surface area contributed by atoms with Crippen molar-refractivity contribution < 1.29 is 14.6 Å². The fourth-order valence-electron chi connectivity index (χ4n) is 5.91. The fraction of sp³-hybridized carbons (Fsp3) is 0.462. The first-order chi connectivity index (χ1) is 16.4. The van der Waals surface area contributed by atoms with Crippen molar-refractivity contribution in [3.05, 3.63) is 59.5 Å². The number of likely N-dealkylation sites (N-methyl/N-ethyl adjacent to an activating group) is 1. The second kappa shape index (κ2) is 8.69. The number of hydrogen-bond acceptors (Lipinski definition) is 6. The summed E-state index contributed by atoms with van der Waals surface area (Å²) in [5.41, 5.74) is 4.37. The summed E-state index contributed by atoms with van der Waals surface area (Å²) in [5.74, 6) is 0.843. The van der Waals surface area contributed by atoms with Gasteiger partial charge in [0.15, 0.2) is 0 Å². The first-order valence-electron chi connectivity index (χ1n) is 11.7. The molecule has 2 aromatic heterocycles. The fourth-order valence-corrected chi connectivity index (χ4v) is 5.91. The quantitative estimate of drug-likeness (QED) is 0.601.